The summed E-state index contributed by atoms with van der Waals surface area (Å²) in [4.78, 5) is 16.7. The highest BCUT2D eigenvalue weighted by atomic mass is 16.5. The lowest BCUT2D eigenvalue weighted by Gasteiger charge is -2.28. The Bertz CT molecular complexity index is 819. The van der Waals surface area contributed by atoms with Gasteiger partial charge in [-0.2, -0.15) is 0 Å². The van der Waals surface area contributed by atoms with Crippen molar-refractivity contribution in [1.29, 1.82) is 0 Å². The van der Waals surface area contributed by atoms with Gasteiger partial charge >= 0.3 is 0 Å². The van der Waals surface area contributed by atoms with E-state index in [9.17, 15) is 4.79 Å². The third-order valence-electron chi connectivity index (χ3n) is 5.88. The summed E-state index contributed by atoms with van der Waals surface area (Å²) in [5.74, 6) is 0.969. The number of carbonyl (C=O) groups is 1. The van der Waals surface area contributed by atoms with Crippen LogP contribution in [0.25, 0.3) is 0 Å². The van der Waals surface area contributed by atoms with E-state index in [0.29, 0.717) is 19.1 Å². The Morgan fingerprint density at radius 1 is 1.16 bits per heavy atom. The van der Waals surface area contributed by atoms with Crippen molar-refractivity contribution in [2.75, 3.05) is 13.2 Å². The molecule has 2 fully saturated rings. The Balaban J connectivity index is 1.56. The predicted molar refractivity (Wildman–Crippen MR) is 91.4 cm³/mol. The van der Waals surface area contributed by atoms with Crippen LogP contribution in [-0.4, -0.2) is 30.2 Å². The minimum atomic E-state index is -0.241. The summed E-state index contributed by atoms with van der Waals surface area (Å²) >= 11 is 0. The van der Waals surface area contributed by atoms with Gasteiger partial charge in [-0.15, -0.1) is 0 Å². The van der Waals surface area contributed by atoms with Gasteiger partial charge in [-0.25, -0.2) is 0 Å². The molecule has 4 unspecified atom stereocenters. The molecule has 1 aliphatic carbocycles. The van der Waals surface area contributed by atoms with Crippen LogP contribution < -0.4 is 10.5 Å². The number of hydrogen-bond acceptors (Lipinski definition) is 4. The maximum absolute atomic E-state index is 12.1. The standard InChI is InChI=1S/C20H20N2O3/c21-20(23)15-8-14-13-6-7-22-17(12-9-24-10-12)19(13)25-18(14)16(15)11-4-2-1-3-5-11/h1-7,12,14-16,18H,8-10H2,(H2,21,23). The minimum absolute atomic E-state index is 0.0124. The predicted octanol–water partition coefficient (Wildman–Crippen LogP) is 2.33. The minimum Gasteiger partial charge on any atom is -0.487 e. The Morgan fingerprint density at radius 2 is 1.96 bits per heavy atom. The fraction of sp³-hybridized carbons (Fsp3) is 0.400. The maximum atomic E-state index is 12.1. The van der Waals surface area contributed by atoms with E-state index in [0.717, 1.165) is 23.4 Å². The molecular formula is C20H20N2O3. The van der Waals surface area contributed by atoms with Crippen LogP contribution in [0, 0.1) is 5.92 Å². The van der Waals surface area contributed by atoms with Crippen LogP contribution in [0.3, 0.4) is 0 Å². The van der Waals surface area contributed by atoms with Gasteiger partial charge in [-0.1, -0.05) is 30.3 Å². The highest BCUT2D eigenvalue weighted by Gasteiger charge is 2.53. The van der Waals surface area contributed by atoms with Crippen molar-refractivity contribution in [3.63, 3.8) is 0 Å². The molecule has 0 spiro atoms. The van der Waals surface area contributed by atoms with E-state index >= 15 is 0 Å². The van der Waals surface area contributed by atoms with E-state index in [-0.39, 0.29) is 29.8 Å². The van der Waals surface area contributed by atoms with Gasteiger partial charge in [0.25, 0.3) is 0 Å². The third kappa shape index (κ3) is 2.19. The van der Waals surface area contributed by atoms with E-state index in [2.05, 4.69) is 17.1 Å². The molecule has 5 nitrogen and oxygen atoms in total. The number of aromatic nitrogens is 1. The normalized spacial score (nSPS) is 30.2. The molecule has 3 heterocycles. The Hall–Kier alpha value is -2.40. The van der Waals surface area contributed by atoms with Gasteiger partial charge < -0.3 is 15.2 Å². The molecule has 1 aromatic carbocycles. The third-order valence-corrected chi connectivity index (χ3v) is 5.88. The summed E-state index contributed by atoms with van der Waals surface area (Å²) in [5, 5.41) is 0. The summed E-state index contributed by atoms with van der Waals surface area (Å²) in [6.45, 7) is 1.41. The fourth-order valence-corrected chi connectivity index (χ4v) is 4.60. The van der Waals surface area contributed by atoms with E-state index in [1.807, 2.05) is 30.5 Å². The fourth-order valence-electron chi connectivity index (χ4n) is 4.60. The molecule has 2 aliphatic heterocycles. The number of fused-ring (bicyclic) bond motifs is 3. The van der Waals surface area contributed by atoms with E-state index in [4.69, 9.17) is 15.2 Å². The summed E-state index contributed by atoms with van der Waals surface area (Å²) < 4.78 is 11.8. The lowest BCUT2D eigenvalue weighted by Crippen LogP contribution is -2.31. The van der Waals surface area contributed by atoms with Crippen molar-refractivity contribution in [3.05, 3.63) is 59.4 Å². The molecule has 1 amide bonds. The molecule has 3 aliphatic rings. The number of hydrogen-bond donors (Lipinski definition) is 1. The molecule has 1 aromatic heterocycles. The molecule has 1 saturated heterocycles. The van der Waals surface area contributed by atoms with Crippen LogP contribution in [-0.2, 0) is 9.53 Å². The average molecular weight is 336 g/mol. The van der Waals surface area contributed by atoms with Crippen LogP contribution in [0.2, 0.25) is 0 Å². The van der Waals surface area contributed by atoms with Gasteiger partial charge in [0.1, 0.15) is 11.9 Å². The zero-order chi connectivity index (χ0) is 17.0. The van der Waals surface area contributed by atoms with E-state index < -0.39 is 0 Å². The Kier molecular flexibility index (Phi) is 3.31. The second-order valence-electron chi connectivity index (χ2n) is 7.22. The number of primary amides is 1. The highest BCUT2D eigenvalue weighted by molar-refractivity contribution is 5.79. The van der Waals surface area contributed by atoms with Crippen LogP contribution in [0.5, 0.6) is 5.75 Å². The zero-order valence-corrected chi connectivity index (χ0v) is 13.8. The summed E-state index contributed by atoms with van der Waals surface area (Å²) in [6.07, 6.45) is 2.53. The monoisotopic (exact) mass is 336 g/mol. The van der Waals surface area contributed by atoms with Gasteiger partial charge in [-0.3, -0.25) is 9.78 Å². The van der Waals surface area contributed by atoms with Crippen molar-refractivity contribution < 1.29 is 14.3 Å². The molecule has 0 radical (unpaired) electrons. The first-order valence-corrected chi connectivity index (χ1v) is 8.81. The van der Waals surface area contributed by atoms with E-state index in [1.165, 1.54) is 5.56 Å². The van der Waals surface area contributed by atoms with Gasteiger partial charge in [-0.05, 0) is 18.1 Å². The van der Waals surface area contributed by atoms with Crippen molar-refractivity contribution in [1.82, 2.24) is 4.98 Å². The maximum Gasteiger partial charge on any atom is 0.221 e. The lowest BCUT2D eigenvalue weighted by molar-refractivity contribution is -0.122. The molecule has 1 saturated carbocycles. The number of nitrogens with zero attached hydrogens (tertiary/aromatic N) is 1. The van der Waals surface area contributed by atoms with Crippen molar-refractivity contribution >= 4 is 5.91 Å². The molecule has 5 rings (SSSR count). The van der Waals surface area contributed by atoms with Crippen LogP contribution in [0.4, 0.5) is 0 Å². The average Bonchev–Trinajstić information content (AvgIpc) is 3.11. The molecule has 0 bridgehead atoms. The van der Waals surface area contributed by atoms with Gasteiger partial charge in [0.2, 0.25) is 5.91 Å². The summed E-state index contributed by atoms with van der Waals surface area (Å²) in [6, 6.07) is 12.2. The second-order valence-corrected chi connectivity index (χ2v) is 7.22. The Labute approximate surface area is 146 Å². The van der Waals surface area contributed by atoms with Gasteiger partial charge in [0.15, 0.2) is 0 Å². The smallest absolute Gasteiger partial charge is 0.221 e. The van der Waals surface area contributed by atoms with Crippen LogP contribution in [0.15, 0.2) is 42.6 Å². The van der Waals surface area contributed by atoms with Crippen molar-refractivity contribution in [3.8, 4) is 5.75 Å². The van der Waals surface area contributed by atoms with Crippen LogP contribution in [0.1, 0.15) is 41.0 Å². The number of ether oxygens (including phenoxy) is 2. The molecule has 25 heavy (non-hydrogen) atoms. The Morgan fingerprint density at radius 3 is 2.64 bits per heavy atom. The number of rotatable bonds is 3. The largest absolute Gasteiger partial charge is 0.487 e. The van der Waals surface area contributed by atoms with Gasteiger partial charge in [0, 0.05) is 29.5 Å². The molecule has 2 aromatic rings. The molecule has 2 N–H and O–H groups in total. The zero-order valence-electron chi connectivity index (χ0n) is 13.8. The topological polar surface area (TPSA) is 74.4 Å². The number of pyridine rings is 1. The SMILES string of the molecule is NC(=O)C1CC2c3ccnc(C4COC4)c3OC2C1c1ccccc1. The second kappa shape index (κ2) is 5.56. The van der Waals surface area contributed by atoms with E-state index in [1.54, 1.807) is 0 Å². The molecule has 4 atom stereocenters. The number of carbonyl (C=O) groups excluding carboxylic acids is 1. The lowest BCUT2D eigenvalue weighted by atomic mass is 9.87. The summed E-state index contributed by atoms with van der Waals surface area (Å²) in [7, 11) is 0. The quantitative estimate of drug-likeness (QED) is 0.933. The molecular weight excluding hydrogens is 316 g/mol. The highest BCUT2D eigenvalue weighted by Crippen LogP contribution is 2.56. The first-order valence-electron chi connectivity index (χ1n) is 8.81. The molecule has 5 heteroatoms. The number of amides is 1. The number of benzene rings is 1. The van der Waals surface area contributed by atoms with Gasteiger partial charge in [0.05, 0.1) is 24.8 Å². The first-order chi connectivity index (χ1) is 12.2. The number of nitrogens with two attached hydrogens (primary N) is 1. The molecule has 128 valence electrons. The summed E-state index contributed by atoms with van der Waals surface area (Å²) in [5.41, 5.74) is 9.03. The van der Waals surface area contributed by atoms with Crippen molar-refractivity contribution in [2.24, 2.45) is 11.7 Å². The van der Waals surface area contributed by atoms with Crippen molar-refractivity contribution in [2.45, 2.75) is 30.3 Å². The first kappa shape index (κ1) is 14.9. The van der Waals surface area contributed by atoms with Crippen LogP contribution >= 0.6 is 0 Å².